The van der Waals surface area contributed by atoms with Crippen molar-refractivity contribution in [3.05, 3.63) is 0 Å². The van der Waals surface area contributed by atoms with Crippen molar-refractivity contribution in [3.63, 3.8) is 0 Å². The quantitative estimate of drug-likeness (QED) is 0.614. The first-order chi connectivity index (χ1) is 8.21. The lowest BCUT2D eigenvalue weighted by Crippen LogP contribution is -2.49. The highest BCUT2D eigenvalue weighted by Crippen LogP contribution is 2.08. The van der Waals surface area contributed by atoms with Gasteiger partial charge in [0.15, 0.2) is 6.19 Å². The van der Waals surface area contributed by atoms with Crippen molar-refractivity contribution in [2.45, 2.75) is 32.4 Å². The number of carbonyl (C=O) groups is 2. The summed E-state index contributed by atoms with van der Waals surface area (Å²) in [6, 6.07) is -0.764. The lowest BCUT2D eigenvalue weighted by atomic mass is 10.2. The van der Waals surface area contributed by atoms with Crippen molar-refractivity contribution in [1.82, 2.24) is 10.2 Å². The number of alkyl carbamates (subject to hydrolysis) is 1. The zero-order valence-corrected chi connectivity index (χ0v) is 12.1. The number of ether oxygens (including phenoxy) is 1. The topological polar surface area (TPSA) is 82.4 Å². The van der Waals surface area contributed by atoms with E-state index >= 15 is 0 Å². The number of nitriles is 1. The maximum Gasteiger partial charge on any atom is 0.408 e. The summed E-state index contributed by atoms with van der Waals surface area (Å²) in [4.78, 5) is 24.2. The van der Waals surface area contributed by atoms with Crippen LogP contribution in [0.25, 0.3) is 0 Å². The molecule has 0 saturated heterocycles. The summed E-state index contributed by atoms with van der Waals surface area (Å²) in [5.74, 6) is -0.0814. The van der Waals surface area contributed by atoms with Crippen LogP contribution in [0, 0.1) is 11.5 Å². The van der Waals surface area contributed by atoms with Gasteiger partial charge in [0.05, 0.1) is 0 Å². The Balaban J connectivity index is 4.59. The van der Waals surface area contributed by atoms with Crippen LogP contribution in [-0.4, -0.2) is 47.6 Å². The third-order valence-electron chi connectivity index (χ3n) is 1.80. The highest BCUT2D eigenvalue weighted by atomic mass is 32.2. The van der Waals surface area contributed by atoms with Gasteiger partial charge in [0, 0.05) is 12.8 Å². The molecule has 0 heterocycles. The van der Waals surface area contributed by atoms with Crippen LogP contribution in [0.4, 0.5) is 4.79 Å². The molecule has 0 rings (SSSR count). The molecule has 1 N–H and O–H groups in total. The Labute approximate surface area is 112 Å². The third-order valence-corrected chi connectivity index (χ3v) is 2.47. The van der Waals surface area contributed by atoms with E-state index < -0.39 is 23.6 Å². The fourth-order valence-electron chi connectivity index (χ4n) is 1.07. The third kappa shape index (κ3) is 6.35. The fourth-order valence-corrected chi connectivity index (χ4v) is 1.63. The fraction of sp³-hybridized carbons (Fsp3) is 0.727. The summed E-state index contributed by atoms with van der Waals surface area (Å²) in [5, 5.41) is 11.1. The molecule has 0 aliphatic rings. The van der Waals surface area contributed by atoms with E-state index in [4.69, 9.17) is 10.00 Å². The average Bonchev–Trinajstić information content (AvgIpc) is 2.23. The van der Waals surface area contributed by atoms with Gasteiger partial charge >= 0.3 is 6.09 Å². The largest absolute Gasteiger partial charge is 0.444 e. The Hall–Kier alpha value is -1.42. The number of amides is 2. The second kappa shape index (κ2) is 7.11. The van der Waals surface area contributed by atoms with Crippen LogP contribution >= 0.6 is 11.8 Å². The molecule has 7 heteroatoms. The van der Waals surface area contributed by atoms with E-state index in [1.807, 2.05) is 6.26 Å². The summed E-state index contributed by atoms with van der Waals surface area (Å²) in [5.41, 5.74) is -0.627. The number of hydrogen-bond acceptors (Lipinski definition) is 5. The molecular formula is C11H19N3O3S. The number of rotatable bonds is 4. The molecule has 0 fully saturated rings. The molecule has 0 saturated carbocycles. The molecule has 6 nitrogen and oxygen atoms in total. The maximum absolute atomic E-state index is 11.8. The minimum atomic E-state index is -0.764. The highest BCUT2D eigenvalue weighted by molar-refractivity contribution is 7.98. The Morgan fingerprint density at radius 3 is 2.44 bits per heavy atom. The Bertz CT molecular complexity index is 346. The standard InChI is InChI=1S/C11H19N3O3S/c1-11(2,3)17-10(16)13-8(6-18-5)9(15)14(4)7-12/h8H,6H2,1-5H3,(H,13,16). The van der Waals surface area contributed by atoms with Crippen LogP contribution in [-0.2, 0) is 9.53 Å². The zero-order valence-electron chi connectivity index (χ0n) is 11.3. The first kappa shape index (κ1) is 16.6. The molecule has 0 aromatic carbocycles. The van der Waals surface area contributed by atoms with Gasteiger partial charge in [-0.3, -0.25) is 9.69 Å². The Morgan fingerprint density at radius 2 is 2.06 bits per heavy atom. The molecule has 0 spiro atoms. The molecule has 2 amide bonds. The van der Waals surface area contributed by atoms with Crippen LogP contribution in [0.15, 0.2) is 0 Å². The molecule has 0 radical (unpaired) electrons. The number of thioether (sulfide) groups is 1. The van der Waals surface area contributed by atoms with Gasteiger partial charge in [-0.25, -0.2) is 4.79 Å². The minimum absolute atomic E-state index is 0.379. The summed E-state index contributed by atoms with van der Waals surface area (Å²) >= 11 is 1.40. The van der Waals surface area contributed by atoms with Crippen molar-refractivity contribution >= 4 is 23.8 Å². The van der Waals surface area contributed by atoms with Crippen molar-refractivity contribution in [2.24, 2.45) is 0 Å². The summed E-state index contributed by atoms with van der Waals surface area (Å²) in [6.45, 7) is 5.21. The first-order valence-electron chi connectivity index (χ1n) is 5.37. The molecule has 0 bridgehead atoms. The second-order valence-electron chi connectivity index (χ2n) is 4.65. The summed E-state index contributed by atoms with van der Waals surface area (Å²) in [7, 11) is 1.35. The van der Waals surface area contributed by atoms with Gasteiger partial charge < -0.3 is 10.1 Å². The smallest absolute Gasteiger partial charge is 0.408 e. The van der Waals surface area contributed by atoms with Crippen LogP contribution in [0.2, 0.25) is 0 Å². The molecule has 0 aromatic rings. The van der Waals surface area contributed by atoms with Crippen LogP contribution < -0.4 is 5.32 Å². The van der Waals surface area contributed by atoms with Crippen LogP contribution in [0.1, 0.15) is 20.8 Å². The molecule has 0 aliphatic carbocycles. The normalized spacial score (nSPS) is 12.2. The lowest BCUT2D eigenvalue weighted by molar-refractivity contribution is -0.128. The molecule has 0 aromatic heterocycles. The number of hydrogen-bond donors (Lipinski definition) is 1. The van der Waals surface area contributed by atoms with E-state index in [0.717, 1.165) is 4.90 Å². The van der Waals surface area contributed by atoms with Crippen molar-refractivity contribution in [2.75, 3.05) is 19.1 Å². The minimum Gasteiger partial charge on any atom is -0.444 e. The van der Waals surface area contributed by atoms with Gasteiger partial charge in [-0.1, -0.05) is 0 Å². The predicted molar refractivity (Wildman–Crippen MR) is 69.9 cm³/mol. The predicted octanol–water partition coefficient (Wildman–Crippen LogP) is 1.18. The van der Waals surface area contributed by atoms with Gasteiger partial charge in [-0.15, -0.1) is 0 Å². The van der Waals surface area contributed by atoms with Crippen LogP contribution in [0.3, 0.4) is 0 Å². The molecule has 102 valence electrons. The van der Waals surface area contributed by atoms with Crippen LogP contribution in [0.5, 0.6) is 0 Å². The van der Waals surface area contributed by atoms with Gasteiger partial charge in [-0.05, 0) is 27.0 Å². The molecule has 1 unspecified atom stereocenters. The van der Waals surface area contributed by atoms with E-state index in [-0.39, 0.29) is 0 Å². The summed E-state index contributed by atoms with van der Waals surface area (Å²) < 4.78 is 5.07. The van der Waals surface area contributed by atoms with Gasteiger partial charge in [0.1, 0.15) is 11.6 Å². The van der Waals surface area contributed by atoms with E-state index in [1.165, 1.54) is 18.8 Å². The molecular weight excluding hydrogens is 254 g/mol. The molecule has 1 atom stereocenters. The van der Waals surface area contributed by atoms with E-state index in [2.05, 4.69) is 5.32 Å². The molecule has 0 aliphatic heterocycles. The second-order valence-corrected chi connectivity index (χ2v) is 5.56. The van der Waals surface area contributed by atoms with Gasteiger partial charge in [0.25, 0.3) is 5.91 Å². The van der Waals surface area contributed by atoms with E-state index in [1.54, 1.807) is 27.0 Å². The first-order valence-corrected chi connectivity index (χ1v) is 6.76. The van der Waals surface area contributed by atoms with Crippen molar-refractivity contribution in [3.8, 4) is 6.19 Å². The van der Waals surface area contributed by atoms with Gasteiger partial charge in [0.2, 0.25) is 0 Å². The van der Waals surface area contributed by atoms with Gasteiger partial charge in [-0.2, -0.15) is 17.0 Å². The zero-order chi connectivity index (χ0) is 14.3. The maximum atomic E-state index is 11.8. The highest BCUT2D eigenvalue weighted by Gasteiger charge is 2.26. The van der Waals surface area contributed by atoms with Crippen molar-refractivity contribution in [1.29, 1.82) is 5.26 Å². The van der Waals surface area contributed by atoms with E-state index in [9.17, 15) is 9.59 Å². The molecule has 18 heavy (non-hydrogen) atoms. The Kier molecular flexibility index (Phi) is 6.55. The Morgan fingerprint density at radius 1 is 1.50 bits per heavy atom. The lowest BCUT2D eigenvalue weighted by Gasteiger charge is -2.23. The SMILES string of the molecule is CSCC(NC(=O)OC(C)(C)C)C(=O)N(C)C#N. The van der Waals surface area contributed by atoms with E-state index in [0.29, 0.717) is 5.75 Å². The number of likely N-dealkylation sites (N-methyl/N-ethyl adjacent to an activating group) is 1. The number of nitrogens with zero attached hydrogens (tertiary/aromatic N) is 2. The monoisotopic (exact) mass is 273 g/mol. The summed E-state index contributed by atoms with van der Waals surface area (Å²) in [6.07, 6.45) is 2.85. The van der Waals surface area contributed by atoms with Crippen molar-refractivity contribution < 1.29 is 14.3 Å². The number of carbonyl (C=O) groups excluding carboxylic acids is 2. The average molecular weight is 273 g/mol. The number of nitrogens with one attached hydrogen (secondary N) is 1.